The number of hydrogen-bond donors (Lipinski definition) is 0. The van der Waals surface area contributed by atoms with E-state index < -0.39 is 0 Å². The first-order chi connectivity index (χ1) is 28.4. The van der Waals surface area contributed by atoms with Gasteiger partial charge in [-0.2, -0.15) is 0 Å². The van der Waals surface area contributed by atoms with E-state index in [1.54, 1.807) is 0 Å². The Labute approximate surface area is 339 Å². The maximum absolute atomic E-state index is 7.05. The lowest BCUT2D eigenvalue weighted by Gasteiger charge is -2.63. The standard InChI is InChI=1S/C55H45NO2/c1-54(2)46-17-5-3-13-42(46)43-23-21-39(31-49(43)54)56(38-12-9-11-35(30-38)41-15-10-16-45-44-14-4-7-19-50(44)58-53(41)45)40-22-24-48-52(32-40)57-51-20-8-6-18-47(51)55(48)36-26-33-25-34(28-36)29-37(55)27-33/h3-24,30-34,36-37H,25-29H2,1-2H3. The van der Waals surface area contributed by atoms with E-state index >= 15 is 0 Å². The van der Waals surface area contributed by atoms with Crippen molar-refractivity contribution in [1.29, 1.82) is 0 Å². The molecule has 1 spiro atoms. The Morgan fingerprint density at radius 3 is 1.98 bits per heavy atom. The smallest absolute Gasteiger partial charge is 0.143 e. The van der Waals surface area contributed by atoms with Gasteiger partial charge in [0.1, 0.15) is 22.7 Å². The molecule has 2 heterocycles. The van der Waals surface area contributed by atoms with Gasteiger partial charge >= 0.3 is 0 Å². The molecule has 0 amide bonds. The Morgan fingerprint density at radius 1 is 0.483 bits per heavy atom. The van der Waals surface area contributed by atoms with E-state index in [2.05, 4.69) is 164 Å². The van der Waals surface area contributed by atoms with Crippen molar-refractivity contribution in [3.05, 3.63) is 174 Å². The monoisotopic (exact) mass is 751 g/mol. The Morgan fingerprint density at radius 2 is 1.12 bits per heavy atom. The highest BCUT2D eigenvalue weighted by Gasteiger charge is 2.61. The number of ether oxygens (including phenoxy) is 1. The third kappa shape index (κ3) is 4.40. The molecule has 4 fully saturated rings. The summed E-state index contributed by atoms with van der Waals surface area (Å²) in [6.45, 7) is 4.74. The van der Waals surface area contributed by atoms with E-state index in [1.165, 1.54) is 65.5 Å². The lowest BCUT2D eigenvalue weighted by atomic mass is 9.42. The minimum absolute atomic E-state index is 0.00943. The van der Waals surface area contributed by atoms with E-state index in [-0.39, 0.29) is 10.8 Å². The van der Waals surface area contributed by atoms with Crippen LogP contribution in [0.2, 0.25) is 0 Å². The first-order valence-corrected chi connectivity index (χ1v) is 21.4. The number of para-hydroxylation sites is 3. The van der Waals surface area contributed by atoms with Crippen LogP contribution in [-0.2, 0) is 10.8 Å². The quantitative estimate of drug-likeness (QED) is 0.179. The Kier molecular flexibility index (Phi) is 6.68. The van der Waals surface area contributed by atoms with Gasteiger partial charge < -0.3 is 14.1 Å². The van der Waals surface area contributed by atoms with Gasteiger partial charge in [0.2, 0.25) is 0 Å². The van der Waals surface area contributed by atoms with Gasteiger partial charge in [-0.3, -0.25) is 0 Å². The average Bonchev–Trinajstić information content (AvgIpc) is 3.74. The molecular formula is C55H45NO2. The van der Waals surface area contributed by atoms with Crippen LogP contribution in [0.15, 0.2) is 156 Å². The van der Waals surface area contributed by atoms with Crippen molar-refractivity contribution in [2.75, 3.05) is 4.90 Å². The molecule has 7 aromatic carbocycles. The molecule has 0 saturated heterocycles. The van der Waals surface area contributed by atoms with Crippen molar-refractivity contribution in [2.45, 2.75) is 56.8 Å². The number of anilines is 3. The van der Waals surface area contributed by atoms with Crippen molar-refractivity contribution >= 4 is 39.0 Å². The second-order valence-corrected chi connectivity index (χ2v) is 18.5. The summed E-state index contributed by atoms with van der Waals surface area (Å²) in [7, 11) is 0. The highest BCUT2D eigenvalue weighted by atomic mass is 16.5. The minimum Gasteiger partial charge on any atom is -0.457 e. The first-order valence-electron chi connectivity index (χ1n) is 21.4. The Bertz CT molecular complexity index is 2970. The predicted molar refractivity (Wildman–Crippen MR) is 236 cm³/mol. The topological polar surface area (TPSA) is 25.6 Å². The molecule has 0 radical (unpaired) electrons. The molecule has 4 bridgehead atoms. The summed E-state index contributed by atoms with van der Waals surface area (Å²) in [6.07, 6.45) is 6.80. The Hall–Kier alpha value is -6.06. The summed E-state index contributed by atoms with van der Waals surface area (Å²) in [6, 6.07) is 56.1. The van der Waals surface area contributed by atoms with Gasteiger partial charge in [-0.25, -0.2) is 0 Å². The van der Waals surface area contributed by atoms with Crippen LogP contribution in [0.25, 0.3) is 44.2 Å². The van der Waals surface area contributed by atoms with Crippen LogP contribution in [0.5, 0.6) is 11.5 Å². The van der Waals surface area contributed by atoms with E-state index in [0.29, 0.717) is 11.8 Å². The molecule has 282 valence electrons. The molecule has 5 aliphatic carbocycles. The number of nitrogens with zero attached hydrogens (tertiary/aromatic N) is 1. The molecule has 0 unspecified atom stereocenters. The summed E-state index contributed by atoms with van der Waals surface area (Å²) in [4.78, 5) is 2.45. The summed E-state index contributed by atoms with van der Waals surface area (Å²) in [5, 5.41) is 2.29. The van der Waals surface area contributed by atoms with Crippen LogP contribution in [0.1, 0.15) is 68.2 Å². The second kappa shape index (κ2) is 11.8. The number of rotatable bonds is 4. The van der Waals surface area contributed by atoms with E-state index in [1.807, 2.05) is 6.07 Å². The van der Waals surface area contributed by atoms with Gasteiger partial charge in [-0.05, 0) is 126 Å². The minimum atomic E-state index is -0.124. The lowest BCUT2D eigenvalue weighted by Crippen LogP contribution is -2.56. The van der Waals surface area contributed by atoms with Crippen molar-refractivity contribution in [2.24, 2.45) is 23.7 Å². The van der Waals surface area contributed by atoms with Gasteiger partial charge in [0.25, 0.3) is 0 Å². The average molecular weight is 752 g/mol. The van der Waals surface area contributed by atoms with E-state index in [9.17, 15) is 0 Å². The van der Waals surface area contributed by atoms with Crippen LogP contribution in [-0.4, -0.2) is 0 Å². The van der Waals surface area contributed by atoms with Crippen molar-refractivity contribution in [3.63, 3.8) is 0 Å². The Balaban J connectivity index is 1.00. The molecule has 0 atom stereocenters. The molecule has 1 aliphatic heterocycles. The van der Waals surface area contributed by atoms with Crippen LogP contribution in [0.4, 0.5) is 17.1 Å². The summed E-state index contributed by atoms with van der Waals surface area (Å²) in [5.41, 5.74) is 15.5. The first kappa shape index (κ1) is 33.0. The molecule has 3 nitrogen and oxygen atoms in total. The fraction of sp³-hybridized carbons (Fsp3) is 0.236. The van der Waals surface area contributed by atoms with E-state index in [4.69, 9.17) is 9.15 Å². The van der Waals surface area contributed by atoms with Gasteiger partial charge in [-0.15, -0.1) is 0 Å². The number of hydrogen-bond acceptors (Lipinski definition) is 3. The third-order valence-corrected chi connectivity index (χ3v) is 15.3. The maximum Gasteiger partial charge on any atom is 0.143 e. The molecule has 1 aromatic heterocycles. The number of furan rings is 1. The molecule has 6 aliphatic rings. The second-order valence-electron chi connectivity index (χ2n) is 18.5. The zero-order valence-electron chi connectivity index (χ0n) is 33.0. The number of benzene rings is 7. The fourth-order valence-corrected chi connectivity index (χ4v) is 13.1. The SMILES string of the molecule is CC1(C)c2ccccc2-c2ccc(N(c3cccc(-c4cccc5c4oc4ccccc45)c3)c3ccc4c(c3)Oc3ccccc3C43C4CC5CC(C4)CC3C5)cc21. The molecular weight excluding hydrogens is 707 g/mol. The van der Waals surface area contributed by atoms with Crippen LogP contribution >= 0.6 is 0 Å². The fourth-order valence-electron chi connectivity index (χ4n) is 13.1. The van der Waals surface area contributed by atoms with Gasteiger partial charge in [0.05, 0.1) is 0 Å². The molecule has 14 rings (SSSR count). The van der Waals surface area contributed by atoms with Gasteiger partial charge in [-0.1, -0.05) is 117 Å². The van der Waals surface area contributed by atoms with E-state index in [0.717, 1.165) is 73.5 Å². The molecule has 0 N–H and O–H groups in total. The summed E-state index contributed by atoms with van der Waals surface area (Å²) < 4.78 is 13.6. The normalized spacial score (nSPS) is 24.0. The van der Waals surface area contributed by atoms with Gasteiger partial charge in [0.15, 0.2) is 0 Å². The largest absolute Gasteiger partial charge is 0.457 e. The van der Waals surface area contributed by atoms with Gasteiger partial charge in [0, 0.05) is 61.4 Å². The van der Waals surface area contributed by atoms with Crippen molar-refractivity contribution < 1.29 is 9.15 Å². The van der Waals surface area contributed by atoms with Crippen molar-refractivity contribution in [3.8, 4) is 33.8 Å². The zero-order chi connectivity index (χ0) is 38.3. The zero-order valence-corrected chi connectivity index (χ0v) is 33.0. The van der Waals surface area contributed by atoms with Crippen LogP contribution < -0.4 is 9.64 Å². The molecule has 3 heteroatoms. The van der Waals surface area contributed by atoms with Crippen molar-refractivity contribution in [1.82, 2.24) is 0 Å². The molecule has 4 saturated carbocycles. The van der Waals surface area contributed by atoms with Crippen LogP contribution in [0, 0.1) is 23.7 Å². The predicted octanol–water partition coefficient (Wildman–Crippen LogP) is 14.9. The highest BCUT2D eigenvalue weighted by molar-refractivity contribution is 6.09. The number of fused-ring (bicyclic) bond motifs is 8. The van der Waals surface area contributed by atoms with Crippen LogP contribution in [0.3, 0.4) is 0 Å². The molecule has 8 aromatic rings. The highest BCUT2D eigenvalue weighted by Crippen LogP contribution is 2.69. The summed E-state index contributed by atoms with van der Waals surface area (Å²) in [5.74, 6) is 5.15. The lowest BCUT2D eigenvalue weighted by molar-refractivity contribution is -0.0452. The summed E-state index contributed by atoms with van der Waals surface area (Å²) >= 11 is 0. The molecule has 58 heavy (non-hydrogen) atoms. The maximum atomic E-state index is 7.05. The third-order valence-electron chi connectivity index (χ3n) is 15.3.